The number of esters is 1. The zero-order valence-electron chi connectivity index (χ0n) is 20.4. The highest BCUT2D eigenvalue weighted by Gasteiger charge is 2.18. The van der Waals surface area contributed by atoms with E-state index in [0.29, 0.717) is 18.0 Å². The predicted octanol–water partition coefficient (Wildman–Crippen LogP) is 6.82. The topological polar surface area (TPSA) is 65.2 Å². The molecule has 0 atom stereocenters. The lowest BCUT2D eigenvalue weighted by Crippen LogP contribution is -2.12. The van der Waals surface area contributed by atoms with E-state index in [4.69, 9.17) is 15.5 Å². The van der Waals surface area contributed by atoms with Crippen molar-refractivity contribution in [3.63, 3.8) is 0 Å². The molecular formula is C28H34Cl2N2O2. The second-order valence-electron chi connectivity index (χ2n) is 8.49. The highest BCUT2D eigenvalue weighted by atomic mass is 35.5. The number of carbonyl (C=O) groups excluding carboxylic acids is 1. The van der Waals surface area contributed by atoms with Crippen LogP contribution in [0, 0.1) is 19.8 Å². The third-order valence-corrected chi connectivity index (χ3v) is 5.55. The molecule has 0 aliphatic heterocycles. The van der Waals surface area contributed by atoms with Crippen LogP contribution in [0.4, 0.5) is 0 Å². The number of methoxy groups -OCH3 is 1. The number of aryl methyl sites for hydroxylation is 2. The van der Waals surface area contributed by atoms with E-state index in [0.717, 1.165) is 45.6 Å². The molecule has 1 aromatic heterocycles. The summed E-state index contributed by atoms with van der Waals surface area (Å²) in [5, 5.41) is 0. The van der Waals surface area contributed by atoms with Crippen molar-refractivity contribution < 1.29 is 9.53 Å². The van der Waals surface area contributed by atoms with Crippen molar-refractivity contribution in [1.82, 2.24) is 4.98 Å². The minimum atomic E-state index is -0.353. The van der Waals surface area contributed by atoms with Crippen LogP contribution < -0.4 is 5.73 Å². The minimum Gasteiger partial charge on any atom is -0.465 e. The third-order valence-electron chi connectivity index (χ3n) is 5.55. The quantitative estimate of drug-likeness (QED) is 0.361. The summed E-state index contributed by atoms with van der Waals surface area (Å²) in [7, 11) is 1.40. The average Bonchev–Trinajstić information content (AvgIpc) is 2.78. The van der Waals surface area contributed by atoms with Gasteiger partial charge in [-0.2, -0.15) is 0 Å². The Kier molecular flexibility index (Phi) is 11.5. The average molecular weight is 501 g/mol. The summed E-state index contributed by atoms with van der Waals surface area (Å²) in [5.41, 5.74) is 15.1. The van der Waals surface area contributed by atoms with Gasteiger partial charge in [0, 0.05) is 23.5 Å². The Labute approximate surface area is 215 Å². The number of hydrogen-bond acceptors (Lipinski definition) is 4. The largest absolute Gasteiger partial charge is 0.465 e. The first-order chi connectivity index (χ1) is 15.3. The molecule has 2 N–H and O–H groups in total. The van der Waals surface area contributed by atoms with Crippen molar-refractivity contribution in [3.05, 3.63) is 87.7 Å². The molecule has 1 heterocycles. The van der Waals surface area contributed by atoms with E-state index >= 15 is 0 Å². The second-order valence-corrected chi connectivity index (χ2v) is 8.49. The summed E-state index contributed by atoms with van der Waals surface area (Å²) < 4.78 is 4.94. The third kappa shape index (κ3) is 6.69. The van der Waals surface area contributed by atoms with Gasteiger partial charge in [0.2, 0.25) is 0 Å². The van der Waals surface area contributed by atoms with Gasteiger partial charge in [-0.15, -0.1) is 24.8 Å². The van der Waals surface area contributed by atoms with Gasteiger partial charge >= 0.3 is 5.97 Å². The van der Waals surface area contributed by atoms with Gasteiger partial charge in [0.1, 0.15) is 0 Å². The van der Waals surface area contributed by atoms with Gasteiger partial charge in [0.15, 0.2) is 0 Å². The molecule has 3 rings (SSSR count). The molecule has 0 aliphatic rings. The summed E-state index contributed by atoms with van der Waals surface area (Å²) in [6, 6.07) is 15.9. The fourth-order valence-corrected chi connectivity index (χ4v) is 3.96. The number of halogens is 2. The molecule has 0 fully saturated rings. The van der Waals surface area contributed by atoms with E-state index in [9.17, 15) is 4.79 Å². The van der Waals surface area contributed by atoms with Crippen LogP contribution in [0.2, 0.25) is 0 Å². The fourth-order valence-electron chi connectivity index (χ4n) is 3.96. The molecule has 3 aromatic rings. The number of rotatable bonds is 7. The Morgan fingerprint density at radius 1 is 1.03 bits per heavy atom. The summed E-state index contributed by atoms with van der Waals surface area (Å²) in [4.78, 5) is 17.1. The number of pyridine rings is 1. The van der Waals surface area contributed by atoms with Gasteiger partial charge in [-0.3, -0.25) is 4.98 Å². The Morgan fingerprint density at radius 3 is 2.26 bits per heavy atom. The van der Waals surface area contributed by atoms with E-state index in [1.165, 1.54) is 12.7 Å². The molecule has 0 saturated carbocycles. The van der Waals surface area contributed by atoms with Crippen LogP contribution in [0.5, 0.6) is 0 Å². The molecule has 0 spiro atoms. The van der Waals surface area contributed by atoms with Gasteiger partial charge in [0.25, 0.3) is 0 Å². The minimum absolute atomic E-state index is 0. The van der Waals surface area contributed by atoms with Crippen LogP contribution in [-0.4, -0.2) is 18.1 Å². The number of benzene rings is 2. The van der Waals surface area contributed by atoms with Crippen molar-refractivity contribution in [2.24, 2.45) is 11.7 Å². The van der Waals surface area contributed by atoms with Crippen LogP contribution >= 0.6 is 24.8 Å². The molecule has 0 aliphatic carbocycles. The molecule has 34 heavy (non-hydrogen) atoms. The Bertz CT molecular complexity index is 1140. The lowest BCUT2D eigenvalue weighted by molar-refractivity contribution is 0.0600. The Morgan fingerprint density at radius 2 is 1.68 bits per heavy atom. The van der Waals surface area contributed by atoms with Crippen molar-refractivity contribution in [2.45, 2.75) is 40.7 Å². The fraction of sp³-hybridized carbons (Fsp3) is 0.286. The number of nitrogens with zero attached hydrogens (tertiary/aromatic N) is 1. The second kappa shape index (κ2) is 13.3. The first-order valence-electron chi connectivity index (χ1n) is 11.0. The summed E-state index contributed by atoms with van der Waals surface area (Å²) >= 11 is 0. The summed E-state index contributed by atoms with van der Waals surface area (Å²) in [6.07, 6.45) is 4.87. The van der Waals surface area contributed by atoms with Crippen LogP contribution in [0.1, 0.15) is 57.8 Å². The van der Waals surface area contributed by atoms with E-state index < -0.39 is 0 Å². The first kappa shape index (κ1) is 29.4. The van der Waals surface area contributed by atoms with E-state index in [-0.39, 0.29) is 30.8 Å². The molecule has 0 unspecified atom stereocenters. The molecule has 2 aromatic carbocycles. The van der Waals surface area contributed by atoms with Crippen molar-refractivity contribution in [3.8, 4) is 11.1 Å². The molecule has 0 radical (unpaired) electrons. The standard InChI is InChI=1S/C28H32N2O2.2ClH/c1-18(2)16-26-25(17-29)27(22-12-10-19(3)11-13-22)23(20(4)30-26)15-14-21-8-6-7-9-24(21)28(31)32-5;;/h6-15,18H,16-17,29H2,1-5H3;2*1H. The summed E-state index contributed by atoms with van der Waals surface area (Å²) in [5.74, 6) is 0.125. The van der Waals surface area contributed by atoms with Gasteiger partial charge in [-0.05, 0) is 54.5 Å². The Balaban J connectivity index is 0.00000289. The highest BCUT2D eigenvalue weighted by molar-refractivity contribution is 5.95. The number of carbonyl (C=O) groups is 1. The molecule has 0 amide bonds. The molecular weight excluding hydrogens is 467 g/mol. The predicted molar refractivity (Wildman–Crippen MR) is 147 cm³/mol. The number of hydrogen-bond donors (Lipinski definition) is 1. The van der Waals surface area contributed by atoms with Crippen molar-refractivity contribution in [1.29, 1.82) is 0 Å². The maximum absolute atomic E-state index is 12.2. The first-order valence-corrected chi connectivity index (χ1v) is 11.0. The van der Waals surface area contributed by atoms with Gasteiger partial charge < -0.3 is 10.5 Å². The Hall–Kier alpha value is -2.66. The zero-order valence-corrected chi connectivity index (χ0v) is 22.1. The molecule has 4 nitrogen and oxygen atoms in total. The van der Waals surface area contributed by atoms with E-state index in [2.05, 4.69) is 45.0 Å². The lowest BCUT2D eigenvalue weighted by Gasteiger charge is -2.20. The molecule has 0 bridgehead atoms. The van der Waals surface area contributed by atoms with Gasteiger partial charge in [0.05, 0.1) is 12.7 Å². The maximum Gasteiger partial charge on any atom is 0.338 e. The maximum atomic E-state index is 12.2. The van der Waals surface area contributed by atoms with E-state index in [1.807, 2.05) is 37.3 Å². The molecule has 182 valence electrons. The number of nitrogens with two attached hydrogens (primary N) is 1. The molecule has 0 saturated heterocycles. The van der Waals surface area contributed by atoms with Crippen molar-refractivity contribution >= 4 is 42.9 Å². The number of aromatic nitrogens is 1. The monoisotopic (exact) mass is 500 g/mol. The van der Waals surface area contributed by atoms with E-state index in [1.54, 1.807) is 6.07 Å². The van der Waals surface area contributed by atoms with Crippen LogP contribution in [-0.2, 0) is 17.7 Å². The summed E-state index contributed by atoms with van der Waals surface area (Å²) in [6.45, 7) is 8.92. The highest BCUT2D eigenvalue weighted by Crippen LogP contribution is 2.34. The zero-order chi connectivity index (χ0) is 23.3. The van der Waals surface area contributed by atoms with Crippen molar-refractivity contribution in [2.75, 3.05) is 7.11 Å². The SMILES string of the molecule is COC(=O)c1ccccc1C=Cc1c(C)nc(CC(C)C)c(CN)c1-c1ccc(C)cc1.Cl.Cl. The van der Waals surface area contributed by atoms with Crippen LogP contribution in [0.25, 0.3) is 23.3 Å². The van der Waals surface area contributed by atoms with Gasteiger partial charge in [-0.1, -0.05) is 74.0 Å². The smallest absolute Gasteiger partial charge is 0.338 e. The number of ether oxygens (including phenoxy) is 1. The van der Waals surface area contributed by atoms with Crippen LogP contribution in [0.3, 0.4) is 0 Å². The molecule has 6 heteroatoms. The normalized spacial score (nSPS) is 10.7. The van der Waals surface area contributed by atoms with Gasteiger partial charge in [-0.25, -0.2) is 4.79 Å². The van der Waals surface area contributed by atoms with Crippen LogP contribution in [0.15, 0.2) is 48.5 Å². The lowest BCUT2D eigenvalue weighted by atomic mass is 9.89.